The van der Waals surface area contributed by atoms with Crippen LogP contribution in [-0.4, -0.2) is 24.7 Å². The number of hydrazine groups is 1. The van der Waals surface area contributed by atoms with E-state index in [1.54, 1.807) is 7.11 Å². The van der Waals surface area contributed by atoms with Gasteiger partial charge in [-0.3, -0.25) is 5.01 Å². The first-order valence-corrected chi connectivity index (χ1v) is 6.30. The minimum Gasteiger partial charge on any atom is -0.496 e. The molecule has 3 N–H and O–H groups in total. The summed E-state index contributed by atoms with van der Waals surface area (Å²) in [5, 5.41) is 1.83. The molecule has 0 aromatic heterocycles. The van der Waals surface area contributed by atoms with Crippen molar-refractivity contribution >= 4 is 0 Å². The topological polar surface area (TPSA) is 50.5 Å². The molecule has 1 unspecified atom stereocenters. The van der Waals surface area contributed by atoms with Gasteiger partial charge in [0.25, 0.3) is 0 Å². The van der Waals surface area contributed by atoms with Gasteiger partial charge in [-0.1, -0.05) is 0 Å². The minimum absolute atomic E-state index is 0.0180. The molecule has 0 fully saturated rings. The van der Waals surface area contributed by atoms with E-state index in [0.29, 0.717) is 18.7 Å². The maximum atomic E-state index is 14.2. The fraction of sp³-hybridized carbons (Fsp3) is 0.538. The zero-order valence-electron chi connectivity index (χ0n) is 10.7. The Balaban J connectivity index is 2.02. The number of halogens is 1. The summed E-state index contributed by atoms with van der Waals surface area (Å²) in [6, 6.07) is -0.0180. The molecule has 1 aliphatic heterocycles. The number of hydrogen-bond donors (Lipinski definition) is 2. The van der Waals surface area contributed by atoms with Crippen molar-refractivity contribution in [3.8, 4) is 0 Å². The average molecular weight is 251 g/mol. The molecule has 2 bridgehead atoms. The molecule has 0 aromatic rings. The van der Waals surface area contributed by atoms with E-state index in [2.05, 4.69) is 5.43 Å². The Labute approximate surface area is 106 Å². The molecular formula is C13H18FN3O. The first kappa shape index (κ1) is 11.6. The molecule has 0 saturated carbocycles. The predicted molar refractivity (Wildman–Crippen MR) is 66.5 cm³/mol. The summed E-state index contributed by atoms with van der Waals surface area (Å²) >= 11 is 0. The largest absolute Gasteiger partial charge is 0.496 e. The van der Waals surface area contributed by atoms with Gasteiger partial charge >= 0.3 is 0 Å². The van der Waals surface area contributed by atoms with Crippen LogP contribution in [0.2, 0.25) is 0 Å². The smallest absolute Gasteiger partial charge is 0.130 e. The Morgan fingerprint density at radius 1 is 1.50 bits per heavy atom. The molecule has 4 nitrogen and oxygen atoms in total. The van der Waals surface area contributed by atoms with Crippen LogP contribution in [0.3, 0.4) is 0 Å². The van der Waals surface area contributed by atoms with Crippen molar-refractivity contribution in [2.24, 2.45) is 5.73 Å². The molecule has 18 heavy (non-hydrogen) atoms. The predicted octanol–water partition coefficient (Wildman–Crippen LogP) is 1.69. The Morgan fingerprint density at radius 3 is 2.94 bits per heavy atom. The molecule has 3 aliphatic rings. The highest BCUT2D eigenvalue weighted by molar-refractivity contribution is 5.57. The number of nitrogens with zero attached hydrogens (tertiary/aromatic N) is 1. The van der Waals surface area contributed by atoms with Crippen molar-refractivity contribution in [1.82, 2.24) is 10.4 Å². The van der Waals surface area contributed by atoms with E-state index >= 15 is 0 Å². The van der Waals surface area contributed by atoms with Crippen molar-refractivity contribution < 1.29 is 9.13 Å². The molecule has 3 rings (SSSR count). The molecule has 1 heterocycles. The van der Waals surface area contributed by atoms with Gasteiger partial charge in [-0.2, -0.15) is 0 Å². The van der Waals surface area contributed by atoms with Crippen molar-refractivity contribution in [1.29, 1.82) is 0 Å². The number of methoxy groups -OCH3 is 1. The maximum absolute atomic E-state index is 14.2. The Kier molecular flexibility index (Phi) is 2.59. The lowest BCUT2D eigenvalue weighted by Gasteiger charge is -2.27. The van der Waals surface area contributed by atoms with Crippen molar-refractivity contribution in [2.45, 2.75) is 32.2 Å². The minimum atomic E-state index is -0.0800. The van der Waals surface area contributed by atoms with Crippen LogP contribution in [0.5, 0.6) is 0 Å². The number of nitrogens with one attached hydrogen (secondary N) is 1. The van der Waals surface area contributed by atoms with Crippen molar-refractivity contribution in [3.05, 3.63) is 34.1 Å². The zero-order valence-corrected chi connectivity index (χ0v) is 10.7. The summed E-state index contributed by atoms with van der Waals surface area (Å²) in [4.78, 5) is 0. The summed E-state index contributed by atoms with van der Waals surface area (Å²) in [6.07, 6.45) is 2.15. The van der Waals surface area contributed by atoms with Crippen LogP contribution < -0.4 is 11.2 Å². The summed E-state index contributed by atoms with van der Waals surface area (Å²) in [7, 11) is 1.65. The number of rotatable bonds is 3. The molecule has 2 aliphatic carbocycles. The molecule has 0 amide bonds. The van der Waals surface area contributed by atoms with Gasteiger partial charge in [-0.15, -0.1) is 0 Å². The fourth-order valence-corrected chi connectivity index (χ4v) is 2.94. The summed E-state index contributed by atoms with van der Waals surface area (Å²) in [5.74, 6) is 0.774. The standard InChI is InChI=1S/C13H18FN3O/c1-7(15)6-17-12-9(14)5-8-3-4-10(16-17)11(12)13(8)18-2/h7,16H,3-6,15H2,1-2H3. The quantitative estimate of drug-likeness (QED) is 0.801. The average Bonchev–Trinajstić information content (AvgIpc) is 2.68. The van der Waals surface area contributed by atoms with Gasteiger partial charge in [0.05, 0.1) is 19.2 Å². The molecule has 0 radical (unpaired) electrons. The third-order valence-electron chi connectivity index (χ3n) is 3.60. The number of hydrogen-bond acceptors (Lipinski definition) is 4. The van der Waals surface area contributed by atoms with Gasteiger partial charge in [-0.05, 0) is 25.3 Å². The van der Waals surface area contributed by atoms with Crippen LogP contribution >= 0.6 is 0 Å². The fourth-order valence-electron chi connectivity index (χ4n) is 2.94. The Hall–Kier alpha value is -1.49. The van der Waals surface area contributed by atoms with Gasteiger partial charge in [0.1, 0.15) is 17.3 Å². The third-order valence-corrected chi connectivity index (χ3v) is 3.60. The second-order valence-corrected chi connectivity index (χ2v) is 5.12. The lowest BCUT2D eigenvalue weighted by molar-refractivity contribution is 0.266. The van der Waals surface area contributed by atoms with Gasteiger partial charge < -0.3 is 15.9 Å². The van der Waals surface area contributed by atoms with Crippen LogP contribution in [-0.2, 0) is 4.74 Å². The van der Waals surface area contributed by atoms with Crippen molar-refractivity contribution in [2.75, 3.05) is 13.7 Å². The lowest BCUT2D eigenvalue weighted by atomic mass is 9.86. The van der Waals surface area contributed by atoms with E-state index < -0.39 is 0 Å². The van der Waals surface area contributed by atoms with Crippen molar-refractivity contribution in [3.63, 3.8) is 0 Å². The first-order valence-electron chi connectivity index (χ1n) is 6.30. The molecule has 5 heteroatoms. The van der Waals surface area contributed by atoms with E-state index in [-0.39, 0.29) is 11.9 Å². The van der Waals surface area contributed by atoms with Crippen LogP contribution in [0.4, 0.5) is 4.39 Å². The van der Waals surface area contributed by atoms with E-state index in [0.717, 1.165) is 35.4 Å². The Bertz CT molecular complexity index is 490. The molecule has 98 valence electrons. The van der Waals surface area contributed by atoms with Gasteiger partial charge in [0, 0.05) is 18.2 Å². The normalized spacial score (nSPS) is 23.7. The van der Waals surface area contributed by atoms with Crippen LogP contribution in [0, 0.1) is 0 Å². The highest BCUT2D eigenvalue weighted by atomic mass is 19.1. The van der Waals surface area contributed by atoms with E-state index in [1.165, 1.54) is 0 Å². The van der Waals surface area contributed by atoms with E-state index in [4.69, 9.17) is 10.5 Å². The molecule has 0 saturated heterocycles. The molecular weight excluding hydrogens is 233 g/mol. The molecule has 1 atom stereocenters. The highest BCUT2D eigenvalue weighted by Crippen LogP contribution is 2.46. The third kappa shape index (κ3) is 1.54. The molecule has 0 aromatic carbocycles. The highest BCUT2D eigenvalue weighted by Gasteiger charge is 2.40. The Morgan fingerprint density at radius 2 is 2.28 bits per heavy atom. The molecule has 0 spiro atoms. The zero-order chi connectivity index (χ0) is 12.9. The first-order chi connectivity index (χ1) is 8.61. The second kappa shape index (κ2) is 4.02. The monoisotopic (exact) mass is 251 g/mol. The number of allylic oxidation sites excluding steroid dienone is 3. The second-order valence-electron chi connectivity index (χ2n) is 5.12. The van der Waals surface area contributed by atoms with Crippen LogP contribution in [0.1, 0.15) is 26.2 Å². The SMILES string of the molecule is COC1=C2CCC3=C1C(=C(F)C2)N(CC(C)N)N3. The van der Waals surface area contributed by atoms with Gasteiger partial charge in [0.15, 0.2) is 0 Å². The van der Waals surface area contributed by atoms with Gasteiger partial charge in [0.2, 0.25) is 0 Å². The van der Waals surface area contributed by atoms with E-state index in [1.807, 2.05) is 11.9 Å². The summed E-state index contributed by atoms with van der Waals surface area (Å²) in [6.45, 7) is 2.50. The summed E-state index contributed by atoms with van der Waals surface area (Å²) < 4.78 is 19.7. The maximum Gasteiger partial charge on any atom is 0.130 e. The number of ether oxygens (including phenoxy) is 1. The van der Waals surface area contributed by atoms with Crippen LogP contribution in [0.25, 0.3) is 0 Å². The van der Waals surface area contributed by atoms with Gasteiger partial charge in [-0.25, -0.2) is 4.39 Å². The van der Waals surface area contributed by atoms with Crippen LogP contribution in [0.15, 0.2) is 34.1 Å². The van der Waals surface area contributed by atoms with E-state index in [9.17, 15) is 4.39 Å². The summed E-state index contributed by atoms with van der Waals surface area (Å²) in [5.41, 5.74) is 12.7. The lowest BCUT2D eigenvalue weighted by Crippen LogP contribution is -2.40. The number of nitrogens with two attached hydrogens (primary N) is 1.